The van der Waals surface area contributed by atoms with Crippen molar-refractivity contribution in [1.29, 1.82) is 0 Å². The van der Waals surface area contributed by atoms with E-state index in [2.05, 4.69) is 37.9 Å². The molecule has 2 rings (SSSR count). The molecule has 4 heteroatoms. The van der Waals surface area contributed by atoms with Gasteiger partial charge in [0.05, 0.1) is 0 Å². The Bertz CT molecular complexity index is 349. The van der Waals surface area contributed by atoms with Crippen molar-refractivity contribution in [2.24, 2.45) is 11.7 Å². The highest BCUT2D eigenvalue weighted by Crippen LogP contribution is 2.42. The number of hydrogen-bond donors (Lipinski definition) is 2. The second kappa shape index (κ2) is 5.06. The lowest BCUT2D eigenvalue weighted by atomic mass is 9.88. The zero-order valence-electron chi connectivity index (χ0n) is 12.8. The first kappa shape index (κ1) is 14.8. The average Bonchev–Trinajstić information content (AvgIpc) is 3.04. The summed E-state index contributed by atoms with van der Waals surface area (Å²) >= 11 is 0. The monoisotopic (exact) mass is 267 g/mol. The van der Waals surface area contributed by atoms with Gasteiger partial charge in [0, 0.05) is 18.1 Å². The molecular formula is C15H29N3O. The molecule has 1 heterocycles. The number of carbonyl (C=O) groups is 1. The predicted octanol–water partition coefficient (Wildman–Crippen LogP) is 1.49. The fourth-order valence-electron chi connectivity index (χ4n) is 3.49. The molecule has 0 aromatic rings. The van der Waals surface area contributed by atoms with Crippen LogP contribution in [0.15, 0.2) is 0 Å². The van der Waals surface area contributed by atoms with Crippen molar-refractivity contribution < 1.29 is 4.79 Å². The molecule has 2 fully saturated rings. The summed E-state index contributed by atoms with van der Waals surface area (Å²) in [7, 11) is 0. The number of nitrogens with one attached hydrogen (secondary N) is 1. The first-order valence-electron chi connectivity index (χ1n) is 7.60. The van der Waals surface area contributed by atoms with Crippen LogP contribution >= 0.6 is 0 Å². The molecule has 0 aromatic heterocycles. The van der Waals surface area contributed by atoms with Gasteiger partial charge in [-0.15, -0.1) is 0 Å². The number of primary amides is 1. The van der Waals surface area contributed by atoms with Crippen molar-refractivity contribution in [1.82, 2.24) is 10.2 Å². The Morgan fingerprint density at radius 3 is 2.47 bits per heavy atom. The van der Waals surface area contributed by atoms with E-state index in [4.69, 9.17) is 5.73 Å². The number of hydrogen-bond acceptors (Lipinski definition) is 3. The van der Waals surface area contributed by atoms with E-state index in [1.807, 2.05) is 0 Å². The van der Waals surface area contributed by atoms with Gasteiger partial charge in [-0.2, -0.15) is 0 Å². The smallest absolute Gasteiger partial charge is 0.239 e. The Morgan fingerprint density at radius 1 is 1.47 bits per heavy atom. The molecule has 19 heavy (non-hydrogen) atoms. The summed E-state index contributed by atoms with van der Waals surface area (Å²) in [5.41, 5.74) is 5.46. The largest absolute Gasteiger partial charge is 0.368 e. The van der Waals surface area contributed by atoms with Gasteiger partial charge in [0.15, 0.2) is 0 Å². The topological polar surface area (TPSA) is 58.4 Å². The molecule has 0 spiro atoms. The molecule has 0 aromatic carbocycles. The van der Waals surface area contributed by atoms with Gasteiger partial charge >= 0.3 is 0 Å². The van der Waals surface area contributed by atoms with Crippen LogP contribution in [-0.4, -0.2) is 41.0 Å². The summed E-state index contributed by atoms with van der Waals surface area (Å²) in [5, 5.41) is 3.50. The molecule has 110 valence electrons. The lowest BCUT2D eigenvalue weighted by molar-refractivity contribution is -0.127. The summed E-state index contributed by atoms with van der Waals surface area (Å²) in [6, 6.07) is 0.277. The second-order valence-corrected chi connectivity index (χ2v) is 7.25. The zero-order chi connectivity index (χ0) is 14.3. The van der Waals surface area contributed by atoms with E-state index in [-0.39, 0.29) is 17.5 Å². The first-order chi connectivity index (χ1) is 8.78. The van der Waals surface area contributed by atoms with E-state index >= 15 is 0 Å². The van der Waals surface area contributed by atoms with Crippen LogP contribution in [0.5, 0.6) is 0 Å². The summed E-state index contributed by atoms with van der Waals surface area (Å²) in [4.78, 5) is 14.6. The Morgan fingerprint density at radius 2 is 2.11 bits per heavy atom. The fraction of sp³-hybridized carbons (Fsp3) is 0.933. The van der Waals surface area contributed by atoms with Gasteiger partial charge in [0.1, 0.15) is 5.54 Å². The maximum atomic E-state index is 12.2. The van der Waals surface area contributed by atoms with Crippen LogP contribution in [0.25, 0.3) is 0 Å². The van der Waals surface area contributed by atoms with E-state index in [0.717, 1.165) is 25.9 Å². The molecule has 0 bridgehead atoms. The van der Waals surface area contributed by atoms with Gasteiger partial charge < -0.3 is 5.73 Å². The number of carbonyl (C=O) groups excluding carboxylic acids is 1. The number of likely N-dealkylation sites (tertiary alicyclic amines) is 1. The number of rotatable bonds is 6. The van der Waals surface area contributed by atoms with Crippen molar-refractivity contribution in [3.8, 4) is 0 Å². The molecule has 1 saturated heterocycles. The average molecular weight is 267 g/mol. The lowest BCUT2D eigenvalue weighted by Crippen LogP contribution is -2.66. The zero-order valence-corrected chi connectivity index (χ0v) is 12.8. The summed E-state index contributed by atoms with van der Waals surface area (Å²) < 4.78 is 0. The molecule has 1 aliphatic heterocycles. The van der Waals surface area contributed by atoms with Crippen LogP contribution in [0.2, 0.25) is 0 Å². The Hall–Kier alpha value is -0.610. The van der Waals surface area contributed by atoms with Gasteiger partial charge in [-0.05, 0) is 65.8 Å². The van der Waals surface area contributed by atoms with Crippen LogP contribution < -0.4 is 11.1 Å². The third-order valence-corrected chi connectivity index (χ3v) is 4.77. The van der Waals surface area contributed by atoms with Crippen molar-refractivity contribution in [2.75, 3.05) is 13.1 Å². The Labute approximate surface area is 117 Å². The lowest BCUT2D eigenvalue weighted by Gasteiger charge is -2.42. The predicted molar refractivity (Wildman–Crippen MR) is 77.8 cm³/mol. The maximum absolute atomic E-state index is 12.2. The van der Waals surface area contributed by atoms with Crippen LogP contribution in [0, 0.1) is 5.92 Å². The van der Waals surface area contributed by atoms with Crippen molar-refractivity contribution >= 4 is 5.91 Å². The maximum Gasteiger partial charge on any atom is 0.239 e. The van der Waals surface area contributed by atoms with E-state index in [9.17, 15) is 4.79 Å². The van der Waals surface area contributed by atoms with E-state index in [1.165, 1.54) is 12.8 Å². The molecule has 2 aliphatic rings. The highest BCUT2D eigenvalue weighted by molar-refractivity contribution is 5.86. The van der Waals surface area contributed by atoms with E-state index in [0.29, 0.717) is 5.92 Å². The molecule has 1 aliphatic carbocycles. The van der Waals surface area contributed by atoms with Gasteiger partial charge in [0.25, 0.3) is 0 Å². The molecule has 1 amide bonds. The minimum atomic E-state index is -0.532. The SMILES string of the molecule is CC(C)NC(CN1CCCC1(C)C)(C(N)=O)C1CC1. The highest BCUT2D eigenvalue weighted by atomic mass is 16.1. The molecule has 1 unspecified atom stereocenters. The van der Waals surface area contributed by atoms with Crippen molar-refractivity contribution in [3.63, 3.8) is 0 Å². The van der Waals surface area contributed by atoms with Crippen LogP contribution in [0.4, 0.5) is 0 Å². The fourth-order valence-corrected chi connectivity index (χ4v) is 3.49. The molecular weight excluding hydrogens is 238 g/mol. The Kier molecular flexibility index (Phi) is 3.94. The normalized spacial score (nSPS) is 26.6. The van der Waals surface area contributed by atoms with Crippen molar-refractivity contribution in [2.45, 2.75) is 70.5 Å². The standard InChI is InChI=1S/C15H29N3O/c1-11(2)17-15(13(16)19,12-6-7-12)10-18-9-5-8-14(18,3)4/h11-12,17H,5-10H2,1-4H3,(H2,16,19). The van der Waals surface area contributed by atoms with Crippen LogP contribution in [0.3, 0.4) is 0 Å². The van der Waals surface area contributed by atoms with Gasteiger partial charge in [-0.3, -0.25) is 15.0 Å². The molecule has 4 nitrogen and oxygen atoms in total. The molecule has 3 N–H and O–H groups in total. The van der Waals surface area contributed by atoms with Crippen LogP contribution in [-0.2, 0) is 4.79 Å². The number of nitrogens with zero attached hydrogens (tertiary/aromatic N) is 1. The second-order valence-electron chi connectivity index (χ2n) is 7.25. The molecule has 1 atom stereocenters. The van der Waals surface area contributed by atoms with E-state index < -0.39 is 5.54 Å². The number of nitrogens with two attached hydrogens (primary N) is 1. The molecule has 1 saturated carbocycles. The first-order valence-corrected chi connectivity index (χ1v) is 7.60. The van der Waals surface area contributed by atoms with Gasteiger partial charge in [-0.1, -0.05) is 0 Å². The minimum absolute atomic E-state index is 0.175. The third-order valence-electron chi connectivity index (χ3n) is 4.77. The Balaban J connectivity index is 2.19. The summed E-state index contributed by atoms with van der Waals surface area (Å²) in [6.07, 6.45) is 4.66. The molecule has 0 radical (unpaired) electrons. The quantitative estimate of drug-likeness (QED) is 0.766. The van der Waals surface area contributed by atoms with E-state index in [1.54, 1.807) is 0 Å². The number of amides is 1. The van der Waals surface area contributed by atoms with Gasteiger partial charge in [-0.25, -0.2) is 0 Å². The summed E-state index contributed by atoms with van der Waals surface area (Å²) in [5.74, 6) is 0.246. The summed E-state index contributed by atoms with van der Waals surface area (Å²) in [6.45, 7) is 10.6. The van der Waals surface area contributed by atoms with Gasteiger partial charge in [0.2, 0.25) is 5.91 Å². The third kappa shape index (κ3) is 2.95. The minimum Gasteiger partial charge on any atom is -0.368 e. The van der Waals surface area contributed by atoms with Crippen LogP contribution in [0.1, 0.15) is 53.4 Å². The van der Waals surface area contributed by atoms with Crippen molar-refractivity contribution in [3.05, 3.63) is 0 Å². The highest BCUT2D eigenvalue weighted by Gasteiger charge is 2.52.